The highest BCUT2D eigenvalue weighted by Crippen LogP contribution is 2.14. The van der Waals surface area contributed by atoms with Crippen molar-refractivity contribution in [2.45, 2.75) is 18.4 Å². The third kappa shape index (κ3) is 5.41. The second-order valence-electron chi connectivity index (χ2n) is 5.42. The van der Waals surface area contributed by atoms with E-state index in [4.69, 9.17) is 0 Å². The first-order chi connectivity index (χ1) is 10.8. The van der Waals surface area contributed by atoms with Crippen molar-refractivity contribution in [3.63, 3.8) is 0 Å². The van der Waals surface area contributed by atoms with Gasteiger partial charge in [-0.15, -0.1) is 0 Å². The van der Waals surface area contributed by atoms with E-state index in [0.717, 1.165) is 11.8 Å². The number of aryl methyl sites for hydroxylation is 1. The fourth-order valence-corrected chi connectivity index (χ4v) is 2.65. The fourth-order valence-electron chi connectivity index (χ4n) is 1.99. The zero-order valence-electron chi connectivity index (χ0n) is 13.2. The fraction of sp³-hybridized carbons (Fsp3) is 0.235. The molecule has 0 aromatic heterocycles. The van der Waals surface area contributed by atoms with Crippen LogP contribution in [0.4, 0.5) is 5.69 Å². The van der Waals surface area contributed by atoms with Gasteiger partial charge in [-0.25, -0.2) is 8.42 Å². The average molecular weight is 332 g/mol. The van der Waals surface area contributed by atoms with E-state index in [-0.39, 0.29) is 17.3 Å². The minimum Gasteiger partial charge on any atom is -0.376 e. The van der Waals surface area contributed by atoms with Crippen LogP contribution >= 0.6 is 0 Å². The van der Waals surface area contributed by atoms with E-state index in [1.54, 1.807) is 12.1 Å². The molecule has 0 bridgehead atoms. The minimum absolute atomic E-state index is 0.0824. The van der Waals surface area contributed by atoms with Gasteiger partial charge in [-0.1, -0.05) is 35.9 Å². The molecule has 0 fully saturated rings. The third-order valence-electron chi connectivity index (χ3n) is 3.33. The number of carbonyl (C=O) groups is 1. The summed E-state index contributed by atoms with van der Waals surface area (Å²) in [7, 11) is -3.25. The number of hydrogen-bond donors (Lipinski definition) is 2. The summed E-state index contributed by atoms with van der Waals surface area (Å²) in [5, 5.41) is 5.74. The molecule has 23 heavy (non-hydrogen) atoms. The molecule has 0 aliphatic rings. The Hall–Kier alpha value is -2.34. The maximum absolute atomic E-state index is 11.8. The van der Waals surface area contributed by atoms with E-state index < -0.39 is 9.84 Å². The van der Waals surface area contributed by atoms with Gasteiger partial charge in [0, 0.05) is 18.5 Å². The van der Waals surface area contributed by atoms with Gasteiger partial charge in [0.05, 0.1) is 11.4 Å². The molecule has 2 aromatic carbocycles. The van der Waals surface area contributed by atoms with Crippen LogP contribution < -0.4 is 10.6 Å². The molecule has 0 atom stereocenters. The van der Waals surface area contributed by atoms with Gasteiger partial charge in [0.15, 0.2) is 9.84 Å². The van der Waals surface area contributed by atoms with Crippen molar-refractivity contribution in [1.29, 1.82) is 0 Å². The molecule has 2 aromatic rings. The molecule has 2 N–H and O–H groups in total. The highest BCUT2D eigenvalue weighted by Gasteiger charge is 2.08. The Morgan fingerprint density at radius 1 is 1.09 bits per heavy atom. The van der Waals surface area contributed by atoms with E-state index in [9.17, 15) is 13.2 Å². The highest BCUT2D eigenvalue weighted by molar-refractivity contribution is 7.90. The van der Waals surface area contributed by atoms with E-state index in [1.165, 1.54) is 17.7 Å². The Labute approximate surface area is 136 Å². The molecule has 0 unspecified atom stereocenters. The van der Waals surface area contributed by atoms with Gasteiger partial charge in [0.2, 0.25) is 5.91 Å². The number of hydrogen-bond acceptors (Lipinski definition) is 4. The maximum atomic E-state index is 11.8. The molecular formula is C17H20N2O3S. The molecule has 0 saturated carbocycles. The third-order valence-corrected chi connectivity index (χ3v) is 4.44. The highest BCUT2D eigenvalue weighted by atomic mass is 32.2. The smallest absolute Gasteiger partial charge is 0.239 e. The van der Waals surface area contributed by atoms with Gasteiger partial charge < -0.3 is 10.6 Å². The van der Waals surface area contributed by atoms with Crippen LogP contribution in [0.5, 0.6) is 0 Å². The molecule has 0 spiro atoms. The van der Waals surface area contributed by atoms with Crippen molar-refractivity contribution in [1.82, 2.24) is 5.32 Å². The molecule has 0 aliphatic carbocycles. The van der Waals surface area contributed by atoms with Crippen molar-refractivity contribution in [2.75, 3.05) is 18.1 Å². The van der Waals surface area contributed by atoms with Crippen molar-refractivity contribution >= 4 is 21.4 Å². The lowest BCUT2D eigenvalue weighted by Gasteiger charge is -2.09. The molecule has 0 radical (unpaired) electrons. The Morgan fingerprint density at radius 2 is 1.78 bits per heavy atom. The summed E-state index contributed by atoms with van der Waals surface area (Å²) in [6.45, 7) is 2.56. The summed E-state index contributed by atoms with van der Waals surface area (Å²) in [6.07, 6.45) is 1.15. The number of sulfone groups is 1. The van der Waals surface area contributed by atoms with Crippen LogP contribution in [0.15, 0.2) is 53.4 Å². The molecule has 0 saturated heterocycles. The normalized spacial score (nSPS) is 11.0. The summed E-state index contributed by atoms with van der Waals surface area (Å²) >= 11 is 0. The van der Waals surface area contributed by atoms with E-state index in [1.807, 2.05) is 31.2 Å². The van der Waals surface area contributed by atoms with Crippen LogP contribution in [0.2, 0.25) is 0 Å². The summed E-state index contributed by atoms with van der Waals surface area (Å²) in [5.41, 5.74) is 2.80. The molecule has 0 aliphatic heterocycles. The Kier molecular flexibility index (Phi) is 5.39. The van der Waals surface area contributed by atoms with E-state index in [0.29, 0.717) is 12.2 Å². The largest absolute Gasteiger partial charge is 0.376 e. The monoisotopic (exact) mass is 332 g/mol. The maximum Gasteiger partial charge on any atom is 0.239 e. The first-order valence-electron chi connectivity index (χ1n) is 7.21. The van der Waals surface area contributed by atoms with Crippen molar-refractivity contribution < 1.29 is 13.2 Å². The summed E-state index contributed by atoms with van der Waals surface area (Å²) in [4.78, 5) is 12.1. The zero-order valence-corrected chi connectivity index (χ0v) is 14.0. The van der Waals surface area contributed by atoms with Gasteiger partial charge in [-0.2, -0.15) is 0 Å². The Morgan fingerprint density at radius 3 is 2.43 bits per heavy atom. The van der Waals surface area contributed by atoms with Crippen molar-refractivity contribution in [2.24, 2.45) is 0 Å². The van der Waals surface area contributed by atoms with Crippen LogP contribution in [-0.4, -0.2) is 27.1 Å². The Balaban J connectivity index is 1.86. The number of anilines is 1. The second kappa shape index (κ2) is 7.28. The summed E-state index contributed by atoms with van der Waals surface area (Å²) in [6, 6.07) is 14.3. The predicted octanol–water partition coefficient (Wildman–Crippen LogP) is 2.13. The van der Waals surface area contributed by atoms with Gasteiger partial charge in [0.25, 0.3) is 0 Å². The van der Waals surface area contributed by atoms with Crippen LogP contribution in [0, 0.1) is 6.92 Å². The molecule has 122 valence electrons. The molecule has 6 heteroatoms. The molecule has 5 nitrogen and oxygen atoms in total. The van der Waals surface area contributed by atoms with Crippen LogP contribution in [0.3, 0.4) is 0 Å². The molecular weight excluding hydrogens is 312 g/mol. The minimum atomic E-state index is -3.25. The van der Waals surface area contributed by atoms with Crippen LogP contribution in [0.1, 0.15) is 11.1 Å². The van der Waals surface area contributed by atoms with E-state index in [2.05, 4.69) is 10.6 Å². The quantitative estimate of drug-likeness (QED) is 0.850. The first kappa shape index (κ1) is 17.0. The second-order valence-corrected chi connectivity index (χ2v) is 7.43. The van der Waals surface area contributed by atoms with Crippen molar-refractivity contribution in [3.05, 3.63) is 59.7 Å². The number of carbonyl (C=O) groups excluding carboxylic acids is 1. The summed E-state index contributed by atoms with van der Waals surface area (Å²) < 4.78 is 23.0. The molecule has 0 heterocycles. The lowest BCUT2D eigenvalue weighted by Crippen LogP contribution is -2.29. The summed E-state index contributed by atoms with van der Waals surface area (Å²) in [5.74, 6) is -0.157. The SMILES string of the molecule is Cc1ccc(CNC(=O)CNc2cccc(S(C)(=O)=O)c2)cc1. The first-order valence-corrected chi connectivity index (χ1v) is 9.10. The van der Waals surface area contributed by atoms with Gasteiger partial charge in [-0.05, 0) is 30.7 Å². The predicted molar refractivity (Wildman–Crippen MR) is 91.1 cm³/mol. The van der Waals surface area contributed by atoms with Crippen LogP contribution in [-0.2, 0) is 21.2 Å². The lowest BCUT2D eigenvalue weighted by molar-refractivity contribution is -0.119. The number of nitrogens with one attached hydrogen (secondary N) is 2. The zero-order chi connectivity index (χ0) is 16.9. The van der Waals surface area contributed by atoms with Gasteiger partial charge >= 0.3 is 0 Å². The molecule has 1 amide bonds. The number of rotatable bonds is 6. The average Bonchev–Trinajstić information content (AvgIpc) is 2.52. The lowest BCUT2D eigenvalue weighted by atomic mass is 10.1. The van der Waals surface area contributed by atoms with Gasteiger partial charge in [-0.3, -0.25) is 4.79 Å². The Bertz CT molecular complexity index is 784. The number of benzene rings is 2. The van der Waals surface area contributed by atoms with Gasteiger partial charge in [0.1, 0.15) is 0 Å². The van der Waals surface area contributed by atoms with Crippen molar-refractivity contribution in [3.8, 4) is 0 Å². The van der Waals surface area contributed by atoms with E-state index >= 15 is 0 Å². The molecule has 2 rings (SSSR count). The van der Waals surface area contributed by atoms with Crippen LogP contribution in [0.25, 0.3) is 0 Å². The standard InChI is InChI=1S/C17H20N2O3S/c1-13-6-8-14(9-7-13)11-19-17(20)12-18-15-4-3-5-16(10-15)23(2,21)22/h3-10,18H,11-12H2,1-2H3,(H,19,20). The number of amides is 1. The topological polar surface area (TPSA) is 75.3 Å².